The first-order valence-electron chi connectivity index (χ1n) is 10.1. The Labute approximate surface area is 188 Å². The van der Waals surface area contributed by atoms with Gasteiger partial charge >= 0.3 is 0 Å². The first-order valence-corrected chi connectivity index (χ1v) is 11.0. The van der Waals surface area contributed by atoms with Gasteiger partial charge < -0.3 is 21.3 Å². The van der Waals surface area contributed by atoms with Crippen molar-refractivity contribution in [1.82, 2.24) is 15.3 Å². The number of nitrogens with zero attached hydrogens (tertiary/aromatic N) is 3. The molecule has 10 heteroatoms. The van der Waals surface area contributed by atoms with E-state index in [0.717, 1.165) is 5.69 Å². The molecule has 3 aromatic rings. The van der Waals surface area contributed by atoms with Crippen LogP contribution in [0.2, 0.25) is 0 Å². The summed E-state index contributed by atoms with van der Waals surface area (Å²) in [6.07, 6.45) is 2.50. The standard InChI is InChI=1S/C22H23FN6O2S/c1-25-22(21(24)31)7-10-29(11-8-22)17-5-3-2-4-15(17)27-19(30)16-13-32-20(28-16)14-6-9-26-18(23)12-14/h2-6,9,12-13,25H,7-8,10-11H2,1H3,(H2,24,31)(H,27,30). The van der Waals surface area contributed by atoms with Crippen LogP contribution in [0, 0.1) is 5.95 Å². The summed E-state index contributed by atoms with van der Waals surface area (Å²) in [5.41, 5.74) is 7.22. The molecule has 0 aliphatic carbocycles. The molecule has 2 aromatic heterocycles. The molecule has 8 nitrogen and oxygen atoms in total. The molecule has 0 unspecified atom stereocenters. The minimum atomic E-state index is -0.710. The fourth-order valence-electron chi connectivity index (χ4n) is 3.84. The Kier molecular flexibility index (Phi) is 6.15. The van der Waals surface area contributed by atoms with Crippen LogP contribution in [0.4, 0.5) is 15.8 Å². The zero-order chi connectivity index (χ0) is 22.7. The molecule has 4 rings (SSSR count). The van der Waals surface area contributed by atoms with Gasteiger partial charge in [-0.2, -0.15) is 4.39 Å². The largest absolute Gasteiger partial charge is 0.370 e. The molecular weight excluding hydrogens is 431 g/mol. The lowest BCUT2D eigenvalue weighted by Gasteiger charge is -2.41. The van der Waals surface area contributed by atoms with Crippen LogP contribution in [0.1, 0.15) is 23.3 Å². The molecule has 0 saturated carbocycles. The minimum Gasteiger partial charge on any atom is -0.370 e. The fraction of sp³-hybridized carbons (Fsp3) is 0.273. The van der Waals surface area contributed by atoms with Gasteiger partial charge in [-0.3, -0.25) is 9.59 Å². The van der Waals surface area contributed by atoms with E-state index in [1.807, 2.05) is 24.3 Å². The Bertz CT molecular complexity index is 1140. The van der Waals surface area contributed by atoms with Gasteiger partial charge in [-0.05, 0) is 38.1 Å². The number of carbonyl (C=O) groups excluding carboxylic acids is 2. The smallest absolute Gasteiger partial charge is 0.275 e. The SMILES string of the molecule is CNC1(C(N)=O)CCN(c2ccccc2NC(=O)c2csc(-c3ccnc(F)c3)n2)CC1. The predicted octanol–water partition coefficient (Wildman–Crippen LogP) is 2.64. The second-order valence-corrected chi connectivity index (χ2v) is 8.42. The number of hydrogen-bond donors (Lipinski definition) is 3. The summed E-state index contributed by atoms with van der Waals surface area (Å²) in [4.78, 5) is 34.8. The van der Waals surface area contributed by atoms with Gasteiger partial charge in [-0.15, -0.1) is 11.3 Å². The van der Waals surface area contributed by atoms with Crippen molar-refractivity contribution >= 4 is 34.5 Å². The number of para-hydroxylation sites is 2. The third-order valence-electron chi connectivity index (χ3n) is 5.77. The van der Waals surface area contributed by atoms with Gasteiger partial charge in [0.2, 0.25) is 11.9 Å². The Morgan fingerprint density at radius 3 is 2.66 bits per heavy atom. The van der Waals surface area contributed by atoms with Crippen molar-refractivity contribution in [2.45, 2.75) is 18.4 Å². The van der Waals surface area contributed by atoms with Gasteiger partial charge in [0.05, 0.1) is 11.4 Å². The summed E-state index contributed by atoms with van der Waals surface area (Å²) in [5, 5.41) is 8.18. The quantitative estimate of drug-likeness (QED) is 0.494. The van der Waals surface area contributed by atoms with E-state index >= 15 is 0 Å². The van der Waals surface area contributed by atoms with Gasteiger partial charge in [0.15, 0.2) is 0 Å². The van der Waals surface area contributed by atoms with E-state index in [9.17, 15) is 14.0 Å². The van der Waals surface area contributed by atoms with Crippen LogP contribution in [0.15, 0.2) is 48.0 Å². The maximum atomic E-state index is 13.4. The first kappa shape index (κ1) is 21.8. The number of nitrogens with two attached hydrogens (primary N) is 1. The highest BCUT2D eigenvalue weighted by atomic mass is 32.1. The van der Waals surface area contributed by atoms with Crippen LogP contribution in [-0.4, -0.2) is 47.5 Å². The van der Waals surface area contributed by atoms with Crippen LogP contribution in [0.25, 0.3) is 10.6 Å². The number of piperidine rings is 1. The Hall–Kier alpha value is -3.37. The van der Waals surface area contributed by atoms with E-state index in [-0.39, 0.29) is 17.5 Å². The van der Waals surface area contributed by atoms with E-state index in [2.05, 4.69) is 25.5 Å². The highest BCUT2D eigenvalue weighted by Gasteiger charge is 2.38. The maximum absolute atomic E-state index is 13.4. The molecule has 1 aliphatic rings. The number of pyridine rings is 1. The lowest BCUT2D eigenvalue weighted by Crippen LogP contribution is -2.59. The molecule has 3 heterocycles. The Morgan fingerprint density at radius 2 is 1.97 bits per heavy atom. The molecule has 0 radical (unpaired) electrons. The zero-order valence-electron chi connectivity index (χ0n) is 17.5. The first-order chi connectivity index (χ1) is 15.4. The van der Waals surface area contributed by atoms with Crippen LogP contribution < -0.4 is 21.3 Å². The molecule has 0 bridgehead atoms. The predicted molar refractivity (Wildman–Crippen MR) is 122 cm³/mol. The normalized spacial score (nSPS) is 15.4. The van der Waals surface area contributed by atoms with Crippen molar-refractivity contribution < 1.29 is 14.0 Å². The van der Waals surface area contributed by atoms with Crippen LogP contribution in [-0.2, 0) is 4.79 Å². The molecule has 1 aliphatic heterocycles. The van der Waals surface area contributed by atoms with Crippen molar-refractivity contribution in [3.63, 3.8) is 0 Å². The number of halogens is 1. The average Bonchev–Trinajstić information content (AvgIpc) is 3.30. The maximum Gasteiger partial charge on any atom is 0.275 e. The summed E-state index contributed by atoms with van der Waals surface area (Å²) in [6, 6.07) is 10.4. The number of amides is 2. The highest BCUT2D eigenvalue weighted by Crippen LogP contribution is 2.32. The lowest BCUT2D eigenvalue weighted by atomic mass is 9.86. The fourth-order valence-corrected chi connectivity index (χ4v) is 4.63. The molecule has 2 amide bonds. The average molecular weight is 455 g/mol. The molecule has 0 spiro atoms. The lowest BCUT2D eigenvalue weighted by molar-refractivity contribution is -0.125. The van der Waals surface area contributed by atoms with E-state index < -0.39 is 11.5 Å². The minimum absolute atomic E-state index is 0.249. The topological polar surface area (TPSA) is 113 Å². The number of anilines is 2. The third-order valence-corrected chi connectivity index (χ3v) is 6.66. The third kappa shape index (κ3) is 4.32. The van der Waals surface area contributed by atoms with Gasteiger partial charge in [-0.1, -0.05) is 12.1 Å². The number of aromatic nitrogens is 2. The second-order valence-electron chi connectivity index (χ2n) is 7.56. The number of primary amides is 1. The summed E-state index contributed by atoms with van der Waals surface area (Å²) in [6.45, 7) is 1.23. The molecule has 1 aromatic carbocycles. The highest BCUT2D eigenvalue weighted by molar-refractivity contribution is 7.13. The number of carbonyl (C=O) groups is 2. The van der Waals surface area contributed by atoms with E-state index in [4.69, 9.17) is 5.73 Å². The van der Waals surface area contributed by atoms with Gasteiger partial charge in [0.1, 0.15) is 16.2 Å². The van der Waals surface area contributed by atoms with Gasteiger partial charge in [-0.25, -0.2) is 9.97 Å². The summed E-state index contributed by atoms with van der Waals surface area (Å²) in [7, 11) is 1.75. The molecular formula is C22H23FN6O2S. The second kappa shape index (κ2) is 9.01. The van der Waals surface area contributed by atoms with Crippen LogP contribution in [0.5, 0.6) is 0 Å². The van der Waals surface area contributed by atoms with E-state index in [0.29, 0.717) is 42.2 Å². The number of hydrogen-bond acceptors (Lipinski definition) is 7. The summed E-state index contributed by atoms with van der Waals surface area (Å²) < 4.78 is 13.4. The molecule has 1 saturated heterocycles. The number of nitrogens with one attached hydrogen (secondary N) is 2. The van der Waals surface area contributed by atoms with Crippen LogP contribution in [0.3, 0.4) is 0 Å². The van der Waals surface area contributed by atoms with Gasteiger partial charge in [0.25, 0.3) is 5.91 Å². The van der Waals surface area contributed by atoms with Crippen molar-refractivity contribution in [2.75, 3.05) is 30.4 Å². The van der Waals surface area contributed by atoms with E-state index in [1.165, 1.54) is 23.6 Å². The van der Waals surface area contributed by atoms with E-state index in [1.54, 1.807) is 18.5 Å². The summed E-state index contributed by atoms with van der Waals surface area (Å²) >= 11 is 1.26. The van der Waals surface area contributed by atoms with Crippen molar-refractivity contribution in [1.29, 1.82) is 0 Å². The number of thiazole rings is 1. The molecule has 4 N–H and O–H groups in total. The summed E-state index contributed by atoms with van der Waals surface area (Å²) in [5.74, 6) is -1.30. The number of likely N-dealkylation sites (N-methyl/N-ethyl adjacent to an activating group) is 1. The number of benzene rings is 1. The molecule has 0 atom stereocenters. The van der Waals surface area contributed by atoms with Crippen molar-refractivity contribution in [3.05, 3.63) is 59.6 Å². The van der Waals surface area contributed by atoms with Crippen molar-refractivity contribution in [3.8, 4) is 10.6 Å². The van der Waals surface area contributed by atoms with Crippen molar-refractivity contribution in [2.24, 2.45) is 5.73 Å². The molecule has 1 fully saturated rings. The zero-order valence-corrected chi connectivity index (χ0v) is 18.3. The Balaban J connectivity index is 1.49. The number of rotatable bonds is 6. The Morgan fingerprint density at radius 1 is 1.22 bits per heavy atom. The van der Waals surface area contributed by atoms with Gasteiger partial charge in [0, 0.05) is 36.3 Å². The molecule has 166 valence electrons. The monoisotopic (exact) mass is 454 g/mol. The molecule has 32 heavy (non-hydrogen) atoms. The van der Waals surface area contributed by atoms with Crippen LogP contribution >= 0.6 is 11.3 Å².